The van der Waals surface area contributed by atoms with Crippen LogP contribution in [0, 0.1) is 10.1 Å². The minimum absolute atomic E-state index is 0.220. The first-order chi connectivity index (χ1) is 12.0. The number of nitrogens with zero attached hydrogens (tertiary/aromatic N) is 2. The van der Waals surface area contributed by atoms with Gasteiger partial charge in [-0.3, -0.25) is 14.9 Å². The predicted octanol–water partition coefficient (Wildman–Crippen LogP) is 1.76. The zero-order valence-electron chi connectivity index (χ0n) is 13.5. The van der Waals surface area contributed by atoms with Gasteiger partial charge in [0.25, 0.3) is 11.6 Å². The second kappa shape index (κ2) is 8.44. The van der Waals surface area contributed by atoms with Crippen LogP contribution in [0.4, 0.5) is 5.69 Å². The Morgan fingerprint density at radius 2 is 2.00 bits per heavy atom. The van der Waals surface area contributed by atoms with E-state index in [1.165, 1.54) is 17.8 Å². The van der Waals surface area contributed by atoms with Crippen LogP contribution in [0.5, 0.6) is 11.5 Å². The standard InChI is InChI=1S/C17H17N3O5/c1-2-12-3-6-14(7-4-12)25-11-17(22)19-18-10-13-5-8-16(21)15(9-13)20(23)24/h3-10,21H,2,11H2,1H3,(H,19,22)/p-1/b18-10-. The lowest BCUT2D eigenvalue weighted by Gasteiger charge is -2.06. The van der Waals surface area contributed by atoms with Crippen molar-refractivity contribution in [2.45, 2.75) is 13.3 Å². The van der Waals surface area contributed by atoms with Crippen LogP contribution in [0.2, 0.25) is 0 Å². The summed E-state index contributed by atoms with van der Waals surface area (Å²) in [4.78, 5) is 21.6. The fourth-order valence-corrected chi connectivity index (χ4v) is 1.94. The monoisotopic (exact) mass is 342 g/mol. The third kappa shape index (κ3) is 5.31. The van der Waals surface area contributed by atoms with E-state index in [-0.39, 0.29) is 6.61 Å². The van der Waals surface area contributed by atoms with Gasteiger partial charge in [0.15, 0.2) is 6.61 Å². The number of aryl methyl sites for hydroxylation is 1. The molecule has 1 amide bonds. The number of hydrogen-bond acceptors (Lipinski definition) is 6. The van der Waals surface area contributed by atoms with Crippen LogP contribution in [0.25, 0.3) is 0 Å². The normalized spacial score (nSPS) is 10.6. The third-order valence-corrected chi connectivity index (χ3v) is 3.28. The molecule has 0 saturated heterocycles. The first-order valence-corrected chi connectivity index (χ1v) is 7.48. The quantitative estimate of drug-likeness (QED) is 0.467. The van der Waals surface area contributed by atoms with E-state index in [0.29, 0.717) is 11.3 Å². The highest BCUT2D eigenvalue weighted by atomic mass is 16.6. The summed E-state index contributed by atoms with van der Waals surface area (Å²) in [5.74, 6) is -0.600. The number of nitrogens with one attached hydrogen (secondary N) is 1. The summed E-state index contributed by atoms with van der Waals surface area (Å²) < 4.78 is 5.32. The Bertz CT molecular complexity index is 787. The number of nitro benzene ring substituents is 1. The largest absolute Gasteiger partial charge is 0.868 e. The summed E-state index contributed by atoms with van der Waals surface area (Å²) in [6.45, 7) is 1.82. The average molecular weight is 342 g/mol. The van der Waals surface area contributed by atoms with Crippen molar-refractivity contribution in [2.75, 3.05) is 6.61 Å². The number of hydrazone groups is 1. The number of carbonyl (C=O) groups is 1. The van der Waals surface area contributed by atoms with Crippen molar-refractivity contribution < 1.29 is 19.6 Å². The second-order valence-electron chi connectivity index (χ2n) is 5.06. The SMILES string of the molecule is CCc1ccc(OCC(=O)N/N=C\c2ccc([O-])c([N+](=O)[O-])c2)cc1. The van der Waals surface area contributed by atoms with Gasteiger partial charge in [-0.05, 0) is 29.9 Å². The Balaban J connectivity index is 1.85. The average Bonchev–Trinajstić information content (AvgIpc) is 2.61. The number of carbonyl (C=O) groups excluding carboxylic acids is 1. The number of benzene rings is 2. The van der Waals surface area contributed by atoms with Gasteiger partial charge in [-0.25, -0.2) is 5.43 Å². The van der Waals surface area contributed by atoms with E-state index in [1.807, 2.05) is 19.1 Å². The molecule has 130 valence electrons. The van der Waals surface area contributed by atoms with Gasteiger partial charge in [-0.1, -0.05) is 31.2 Å². The van der Waals surface area contributed by atoms with E-state index < -0.39 is 22.3 Å². The van der Waals surface area contributed by atoms with Gasteiger partial charge in [0.05, 0.1) is 11.1 Å². The molecule has 0 aromatic heterocycles. The van der Waals surface area contributed by atoms with Crippen LogP contribution in [0.15, 0.2) is 47.6 Å². The van der Waals surface area contributed by atoms with Gasteiger partial charge < -0.3 is 9.84 Å². The summed E-state index contributed by atoms with van der Waals surface area (Å²) in [5, 5.41) is 25.7. The van der Waals surface area contributed by atoms with Crippen molar-refractivity contribution in [3.63, 3.8) is 0 Å². The second-order valence-corrected chi connectivity index (χ2v) is 5.06. The van der Waals surface area contributed by atoms with Crippen LogP contribution >= 0.6 is 0 Å². The van der Waals surface area contributed by atoms with Crippen molar-refractivity contribution in [1.29, 1.82) is 0 Å². The van der Waals surface area contributed by atoms with Crippen LogP contribution in [0.1, 0.15) is 18.1 Å². The molecule has 2 aromatic rings. The Morgan fingerprint density at radius 1 is 1.28 bits per heavy atom. The molecular weight excluding hydrogens is 326 g/mol. The molecule has 1 N–H and O–H groups in total. The number of nitro groups is 1. The molecule has 0 atom stereocenters. The lowest BCUT2D eigenvalue weighted by atomic mass is 10.2. The van der Waals surface area contributed by atoms with E-state index in [0.717, 1.165) is 18.6 Å². The molecule has 0 radical (unpaired) electrons. The van der Waals surface area contributed by atoms with Crippen LogP contribution < -0.4 is 15.3 Å². The molecule has 0 heterocycles. The van der Waals surface area contributed by atoms with Crippen LogP contribution in [-0.2, 0) is 11.2 Å². The molecule has 2 aromatic carbocycles. The molecule has 0 unspecified atom stereocenters. The molecule has 0 aliphatic carbocycles. The van der Waals surface area contributed by atoms with E-state index in [4.69, 9.17) is 4.74 Å². The van der Waals surface area contributed by atoms with Crippen molar-refractivity contribution >= 4 is 17.8 Å². The first kappa shape index (κ1) is 17.9. The Hall–Kier alpha value is -3.42. The van der Waals surface area contributed by atoms with E-state index in [1.54, 1.807) is 12.1 Å². The van der Waals surface area contributed by atoms with Gasteiger partial charge >= 0.3 is 0 Å². The number of rotatable bonds is 7. The van der Waals surface area contributed by atoms with Crippen LogP contribution in [0.3, 0.4) is 0 Å². The molecule has 0 spiro atoms. The Labute approximate surface area is 143 Å². The van der Waals surface area contributed by atoms with E-state index >= 15 is 0 Å². The van der Waals surface area contributed by atoms with E-state index in [2.05, 4.69) is 10.5 Å². The summed E-state index contributed by atoms with van der Waals surface area (Å²) in [6, 6.07) is 10.9. The maximum atomic E-state index is 11.7. The third-order valence-electron chi connectivity index (χ3n) is 3.28. The first-order valence-electron chi connectivity index (χ1n) is 7.48. The maximum Gasteiger partial charge on any atom is 0.277 e. The van der Waals surface area contributed by atoms with Crippen molar-refractivity contribution in [3.05, 3.63) is 63.7 Å². The Kier molecular flexibility index (Phi) is 6.05. The summed E-state index contributed by atoms with van der Waals surface area (Å²) in [6.07, 6.45) is 2.13. The lowest BCUT2D eigenvalue weighted by Crippen LogP contribution is -2.24. The van der Waals surface area contributed by atoms with Gasteiger partial charge in [-0.15, -0.1) is 0 Å². The molecule has 0 bridgehead atoms. The van der Waals surface area contributed by atoms with Gasteiger partial charge in [0.2, 0.25) is 0 Å². The number of amides is 1. The summed E-state index contributed by atoms with van der Waals surface area (Å²) in [7, 11) is 0. The van der Waals surface area contributed by atoms with Crippen molar-refractivity contribution in [2.24, 2.45) is 5.10 Å². The highest BCUT2D eigenvalue weighted by Gasteiger charge is 2.07. The van der Waals surface area contributed by atoms with Gasteiger partial charge in [-0.2, -0.15) is 5.10 Å². The lowest BCUT2D eigenvalue weighted by molar-refractivity contribution is -0.398. The Morgan fingerprint density at radius 3 is 2.64 bits per heavy atom. The smallest absolute Gasteiger partial charge is 0.277 e. The molecule has 0 aliphatic heterocycles. The molecule has 25 heavy (non-hydrogen) atoms. The fraction of sp³-hybridized carbons (Fsp3) is 0.176. The number of hydrogen-bond donors (Lipinski definition) is 1. The summed E-state index contributed by atoms with van der Waals surface area (Å²) in [5.41, 5.74) is 3.19. The molecule has 0 saturated carbocycles. The molecule has 8 heteroatoms. The zero-order valence-corrected chi connectivity index (χ0v) is 13.5. The minimum Gasteiger partial charge on any atom is -0.868 e. The molecule has 2 rings (SSSR count). The molecular formula is C17H16N3O5-. The van der Waals surface area contributed by atoms with Crippen molar-refractivity contribution in [3.8, 4) is 11.5 Å². The molecule has 0 aliphatic rings. The van der Waals surface area contributed by atoms with Crippen LogP contribution in [-0.4, -0.2) is 23.7 Å². The number of ether oxygens (including phenoxy) is 1. The summed E-state index contributed by atoms with van der Waals surface area (Å²) >= 11 is 0. The van der Waals surface area contributed by atoms with E-state index in [9.17, 15) is 20.0 Å². The van der Waals surface area contributed by atoms with Crippen molar-refractivity contribution in [1.82, 2.24) is 5.43 Å². The van der Waals surface area contributed by atoms with Gasteiger partial charge in [0.1, 0.15) is 5.75 Å². The topological polar surface area (TPSA) is 117 Å². The predicted molar refractivity (Wildman–Crippen MR) is 89.6 cm³/mol. The highest BCUT2D eigenvalue weighted by molar-refractivity contribution is 5.84. The minimum atomic E-state index is -0.768. The molecule has 8 nitrogen and oxygen atoms in total. The van der Waals surface area contributed by atoms with Gasteiger partial charge in [0, 0.05) is 11.6 Å². The highest BCUT2D eigenvalue weighted by Crippen LogP contribution is 2.22. The maximum absolute atomic E-state index is 11.7. The zero-order chi connectivity index (χ0) is 18.2. The fourth-order valence-electron chi connectivity index (χ4n) is 1.94. The molecule has 0 fully saturated rings.